The monoisotopic (exact) mass is 620 g/mol. The highest BCUT2D eigenvalue weighted by molar-refractivity contribution is 9.10. The second-order valence-electron chi connectivity index (χ2n) is 7.44. The number of thiazole rings is 1. The Kier molecular flexibility index (Phi) is 7.38. The molecule has 0 fully saturated rings. The molecular formula is C23H14BrCl2F3N2O4S. The number of carbonyl (C=O) groups excluding carboxylic acids is 1. The molecule has 1 atom stereocenters. The maximum atomic E-state index is 14.1. The van der Waals surface area contributed by atoms with Crippen LogP contribution >= 0.6 is 50.5 Å². The number of halogens is 6. The second-order valence-corrected chi connectivity index (χ2v) is 10.2. The molecule has 0 saturated carbocycles. The molecule has 1 N–H and O–H groups in total. The number of benzene rings is 2. The predicted molar refractivity (Wildman–Crippen MR) is 133 cm³/mol. The summed E-state index contributed by atoms with van der Waals surface area (Å²) < 4.78 is 48.7. The van der Waals surface area contributed by atoms with Gasteiger partial charge in [-0.15, -0.1) is 0 Å². The van der Waals surface area contributed by atoms with E-state index in [1.807, 2.05) is 0 Å². The number of ether oxygens (including phenoxy) is 1. The highest BCUT2D eigenvalue weighted by Crippen LogP contribution is 2.38. The first kappa shape index (κ1) is 26.5. The van der Waals surface area contributed by atoms with E-state index in [1.165, 1.54) is 49.4 Å². The van der Waals surface area contributed by atoms with Crippen molar-refractivity contribution in [3.63, 3.8) is 0 Å². The summed E-state index contributed by atoms with van der Waals surface area (Å²) in [5.41, 5.74) is -2.65. The van der Waals surface area contributed by atoms with Crippen molar-refractivity contribution in [2.24, 2.45) is 4.99 Å². The number of alkyl halides is 3. The lowest BCUT2D eigenvalue weighted by Gasteiger charge is -2.26. The summed E-state index contributed by atoms with van der Waals surface area (Å²) in [6, 6.07) is 7.15. The Balaban J connectivity index is 2.07. The minimum absolute atomic E-state index is 0.00592. The minimum atomic E-state index is -5.02. The van der Waals surface area contributed by atoms with Gasteiger partial charge < -0.3 is 9.84 Å². The summed E-state index contributed by atoms with van der Waals surface area (Å²) in [4.78, 5) is 29.7. The molecule has 0 aliphatic carbocycles. The van der Waals surface area contributed by atoms with Gasteiger partial charge in [-0.2, -0.15) is 13.2 Å². The number of aromatic nitrogens is 1. The standard InChI is InChI=1S/C23H14BrCl2F3N2O4S/c1-2-35-21(34)16-17(10-3-5-13(25)6-4-10)31-20(33)15(36-22(31)30-19(16)23(27,28)29)8-11-7-12(24)9-14(26)18(11)32/h3-9,17,32H,2H2,1H3/b15-8-/t17-/m0/s1. The Labute approximate surface area is 223 Å². The zero-order chi connectivity index (χ0) is 26.4. The van der Waals surface area contributed by atoms with Gasteiger partial charge in [-0.25, -0.2) is 9.79 Å². The van der Waals surface area contributed by atoms with E-state index in [4.69, 9.17) is 27.9 Å². The number of fused-ring (bicyclic) bond motifs is 1. The molecule has 0 radical (unpaired) electrons. The Morgan fingerprint density at radius 3 is 2.56 bits per heavy atom. The molecule has 13 heteroatoms. The molecule has 0 bridgehead atoms. The second kappa shape index (κ2) is 10.0. The van der Waals surface area contributed by atoms with Crippen molar-refractivity contribution < 1.29 is 27.8 Å². The maximum absolute atomic E-state index is 14.1. The van der Waals surface area contributed by atoms with E-state index in [0.717, 1.165) is 4.57 Å². The van der Waals surface area contributed by atoms with E-state index in [9.17, 15) is 27.9 Å². The molecule has 1 aromatic heterocycles. The van der Waals surface area contributed by atoms with Gasteiger partial charge >= 0.3 is 12.1 Å². The first-order chi connectivity index (χ1) is 16.9. The van der Waals surface area contributed by atoms with Crippen LogP contribution in [0.25, 0.3) is 6.08 Å². The number of esters is 1. The summed E-state index contributed by atoms with van der Waals surface area (Å²) in [5, 5.41) is 10.6. The molecule has 6 nitrogen and oxygen atoms in total. The molecule has 1 aliphatic rings. The summed E-state index contributed by atoms with van der Waals surface area (Å²) in [5.74, 6) is -1.57. The minimum Gasteiger partial charge on any atom is -0.506 e. The molecule has 0 amide bonds. The number of nitrogens with zero attached hydrogens (tertiary/aromatic N) is 2. The highest BCUT2D eigenvalue weighted by atomic mass is 79.9. The number of aromatic hydroxyl groups is 1. The lowest BCUT2D eigenvalue weighted by Crippen LogP contribution is -2.41. The molecule has 0 saturated heterocycles. The van der Waals surface area contributed by atoms with Crippen molar-refractivity contribution in [2.45, 2.75) is 19.1 Å². The average Bonchev–Trinajstić information content (AvgIpc) is 3.11. The molecule has 3 aromatic rings. The molecule has 0 unspecified atom stereocenters. The van der Waals surface area contributed by atoms with Crippen LogP contribution in [0.4, 0.5) is 13.2 Å². The van der Waals surface area contributed by atoms with Gasteiger partial charge in [-0.1, -0.05) is 62.6 Å². The number of rotatable bonds is 4. The van der Waals surface area contributed by atoms with Crippen LogP contribution in [0.3, 0.4) is 0 Å². The van der Waals surface area contributed by atoms with Crippen molar-refractivity contribution in [3.05, 3.63) is 93.0 Å². The van der Waals surface area contributed by atoms with Crippen molar-refractivity contribution >= 4 is 62.5 Å². The molecule has 188 valence electrons. The third-order valence-electron chi connectivity index (χ3n) is 5.12. The first-order valence-electron chi connectivity index (χ1n) is 10.2. The Morgan fingerprint density at radius 2 is 1.94 bits per heavy atom. The highest BCUT2D eigenvalue weighted by Gasteiger charge is 2.45. The van der Waals surface area contributed by atoms with Crippen molar-refractivity contribution in [1.82, 2.24) is 4.57 Å². The van der Waals surface area contributed by atoms with Crippen molar-refractivity contribution in [1.29, 1.82) is 0 Å². The van der Waals surface area contributed by atoms with E-state index >= 15 is 0 Å². The molecule has 2 heterocycles. The average molecular weight is 622 g/mol. The fraction of sp³-hybridized carbons (Fsp3) is 0.174. The summed E-state index contributed by atoms with van der Waals surface area (Å²) in [6.45, 7) is 1.27. The van der Waals surface area contributed by atoms with Crippen molar-refractivity contribution in [3.8, 4) is 5.75 Å². The van der Waals surface area contributed by atoms with Gasteiger partial charge in [0.25, 0.3) is 5.56 Å². The van der Waals surface area contributed by atoms with E-state index in [0.29, 0.717) is 20.8 Å². The Hall–Kier alpha value is -2.60. The Bertz CT molecular complexity index is 1580. The van der Waals surface area contributed by atoms with Crippen LogP contribution in [-0.2, 0) is 9.53 Å². The Morgan fingerprint density at radius 1 is 1.28 bits per heavy atom. The van der Waals surface area contributed by atoms with Gasteiger partial charge in [0.1, 0.15) is 5.75 Å². The van der Waals surface area contributed by atoms with Crippen LogP contribution < -0.4 is 14.9 Å². The number of phenols is 1. The third kappa shape index (κ3) is 4.97. The van der Waals surface area contributed by atoms with Crippen molar-refractivity contribution in [2.75, 3.05) is 6.61 Å². The van der Waals surface area contributed by atoms with Gasteiger partial charge in [0.05, 0.1) is 27.8 Å². The van der Waals surface area contributed by atoms with E-state index in [-0.39, 0.29) is 37.8 Å². The van der Waals surface area contributed by atoms with Crippen LogP contribution in [0.1, 0.15) is 24.1 Å². The lowest BCUT2D eigenvalue weighted by molar-refractivity contribution is -0.140. The van der Waals surface area contributed by atoms with Gasteiger partial charge in [-0.3, -0.25) is 9.36 Å². The first-order valence-corrected chi connectivity index (χ1v) is 12.5. The summed E-state index contributed by atoms with van der Waals surface area (Å²) in [7, 11) is 0. The van der Waals surface area contributed by atoms with Crippen LogP contribution in [0.2, 0.25) is 10.0 Å². The van der Waals surface area contributed by atoms with Crippen LogP contribution in [0, 0.1) is 0 Å². The normalized spacial score (nSPS) is 16.1. The lowest BCUT2D eigenvalue weighted by atomic mass is 9.95. The SMILES string of the molecule is CCOC(=O)C1=C(C(F)(F)F)N=c2s/c(=C\c3cc(Br)cc(Cl)c3O)c(=O)n2[C@H]1c1ccc(Cl)cc1. The third-order valence-corrected chi connectivity index (χ3v) is 7.11. The smallest absolute Gasteiger partial charge is 0.434 e. The molecule has 4 rings (SSSR count). The van der Waals surface area contributed by atoms with Gasteiger partial charge in [-0.05, 0) is 42.8 Å². The van der Waals surface area contributed by atoms with Gasteiger partial charge in [0.15, 0.2) is 10.5 Å². The molecular weight excluding hydrogens is 608 g/mol. The number of hydrogen-bond donors (Lipinski definition) is 1. The molecule has 36 heavy (non-hydrogen) atoms. The van der Waals surface area contributed by atoms with Gasteiger partial charge in [0, 0.05) is 15.1 Å². The number of phenolic OH excluding ortho intramolecular Hbond substituents is 1. The number of carbonyl (C=O) groups is 1. The molecule has 1 aliphatic heterocycles. The summed E-state index contributed by atoms with van der Waals surface area (Å²) in [6.07, 6.45) is -3.73. The van der Waals surface area contributed by atoms with Gasteiger partial charge in [0.2, 0.25) is 0 Å². The van der Waals surface area contributed by atoms with Crippen LogP contribution in [0.5, 0.6) is 5.75 Å². The fourth-order valence-electron chi connectivity index (χ4n) is 3.64. The van der Waals surface area contributed by atoms with Crippen LogP contribution in [-0.4, -0.2) is 28.4 Å². The van der Waals surface area contributed by atoms with E-state index in [1.54, 1.807) is 0 Å². The van der Waals surface area contributed by atoms with E-state index < -0.39 is 35.0 Å². The zero-order valence-electron chi connectivity index (χ0n) is 18.1. The maximum Gasteiger partial charge on any atom is 0.434 e. The largest absolute Gasteiger partial charge is 0.506 e. The quantitative estimate of drug-likeness (QED) is 0.411. The number of allylic oxidation sites excluding steroid dienone is 1. The number of hydrogen-bond acceptors (Lipinski definition) is 6. The zero-order valence-corrected chi connectivity index (χ0v) is 22.0. The topological polar surface area (TPSA) is 80.9 Å². The van der Waals surface area contributed by atoms with E-state index in [2.05, 4.69) is 20.9 Å². The molecule has 0 spiro atoms. The fourth-order valence-corrected chi connectivity index (χ4v) is 5.59. The molecule has 2 aromatic carbocycles. The van der Waals surface area contributed by atoms with Crippen LogP contribution in [0.15, 0.2) is 61.9 Å². The predicted octanol–water partition coefficient (Wildman–Crippen LogP) is 5.12. The summed E-state index contributed by atoms with van der Waals surface area (Å²) >= 11 is 15.9.